The van der Waals surface area contributed by atoms with Crippen molar-refractivity contribution in [2.75, 3.05) is 6.54 Å². The van der Waals surface area contributed by atoms with E-state index in [0.29, 0.717) is 19.2 Å². The van der Waals surface area contributed by atoms with Crippen LogP contribution in [0.25, 0.3) is 0 Å². The largest absolute Gasteiger partial charge is 0.489 e. The van der Waals surface area contributed by atoms with Gasteiger partial charge in [-0.15, -0.1) is 6.42 Å². The molecule has 3 rings (SSSR count). The number of benzene rings is 2. The van der Waals surface area contributed by atoms with Gasteiger partial charge in [0.25, 0.3) is 0 Å². The Hall–Kier alpha value is -2.24. The lowest BCUT2D eigenvalue weighted by Gasteiger charge is -2.13. The summed E-state index contributed by atoms with van der Waals surface area (Å²) in [5, 5.41) is 3.39. The van der Waals surface area contributed by atoms with E-state index >= 15 is 0 Å². The van der Waals surface area contributed by atoms with E-state index in [4.69, 9.17) is 11.2 Å². The summed E-state index contributed by atoms with van der Waals surface area (Å²) in [6, 6.07) is 17.0. The molecule has 2 nitrogen and oxygen atoms in total. The highest BCUT2D eigenvalue weighted by Gasteiger charge is 2.21. The summed E-state index contributed by atoms with van der Waals surface area (Å²) >= 11 is 0. The van der Waals surface area contributed by atoms with Gasteiger partial charge >= 0.3 is 0 Å². The Balaban J connectivity index is 1.66. The molecule has 1 aliphatic carbocycles. The first-order chi connectivity index (χ1) is 10.4. The lowest BCUT2D eigenvalue weighted by Crippen LogP contribution is -2.19. The monoisotopic (exact) mass is 277 g/mol. The maximum absolute atomic E-state index is 5.88. The standard InChI is InChI=1S/C19H19NO/c1-2-12-20-19-11-8-16-13-17(9-10-18(16)19)21-14-15-6-4-3-5-7-15/h1,3-7,9-10,13,19-20H,8,11-12,14H2/t19-/m1/s1. The molecule has 0 fully saturated rings. The van der Waals surface area contributed by atoms with Crippen LogP contribution in [0.15, 0.2) is 48.5 Å². The number of aryl methyl sites for hydroxylation is 1. The average molecular weight is 277 g/mol. The molecule has 21 heavy (non-hydrogen) atoms. The van der Waals surface area contributed by atoms with Crippen molar-refractivity contribution in [1.82, 2.24) is 5.32 Å². The summed E-state index contributed by atoms with van der Waals surface area (Å²) in [4.78, 5) is 0. The minimum Gasteiger partial charge on any atom is -0.489 e. The van der Waals surface area contributed by atoms with E-state index in [1.54, 1.807) is 0 Å². The van der Waals surface area contributed by atoms with Gasteiger partial charge in [-0.1, -0.05) is 42.3 Å². The first-order valence-corrected chi connectivity index (χ1v) is 7.33. The van der Waals surface area contributed by atoms with E-state index in [1.165, 1.54) is 16.7 Å². The predicted octanol–water partition coefficient (Wildman–Crippen LogP) is 3.48. The Morgan fingerprint density at radius 2 is 2.05 bits per heavy atom. The molecule has 0 heterocycles. The molecule has 0 unspecified atom stereocenters. The van der Waals surface area contributed by atoms with Crippen LogP contribution >= 0.6 is 0 Å². The van der Waals surface area contributed by atoms with Crippen LogP contribution < -0.4 is 10.1 Å². The zero-order valence-electron chi connectivity index (χ0n) is 12.0. The minimum absolute atomic E-state index is 0.388. The SMILES string of the molecule is C#CCN[C@@H]1CCc2cc(OCc3ccccc3)ccc21. The summed E-state index contributed by atoms with van der Waals surface area (Å²) in [5.74, 6) is 3.58. The van der Waals surface area contributed by atoms with E-state index in [1.807, 2.05) is 18.2 Å². The fourth-order valence-electron chi connectivity index (χ4n) is 2.82. The summed E-state index contributed by atoms with van der Waals surface area (Å²) in [6.45, 7) is 1.23. The lowest BCUT2D eigenvalue weighted by molar-refractivity contribution is 0.306. The molecule has 1 atom stereocenters. The van der Waals surface area contributed by atoms with Crippen molar-refractivity contribution in [3.8, 4) is 18.1 Å². The van der Waals surface area contributed by atoms with E-state index < -0.39 is 0 Å². The Kier molecular flexibility index (Phi) is 4.23. The van der Waals surface area contributed by atoms with Gasteiger partial charge in [0, 0.05) is 6.04 Å². The van der Waals surface area contributed by atoms with Crippen molar-refractivity contribution in [3.05, 3.63) is 65.2 Å². The number of rotatable bonds is 5. The second-order valence-electron chi connectivity index (χ2n) is 5.31. The van der Waals surface area contributed by atoms with Crippen LogP contribution in [-0.4, -0.2) is 6.54 Å². The van der Waals surface area contributed by atoms with E-state index in [0.717, 1.165) is 18.6 Å². The van der Waals surface area contributed by atoms with Gasteiger partial charge in [-0.3, -0.25) is 5.32 Å². The molecule has 106 valence electrons. The normalized spacial score (nSPS) is 16.2. The Morgan fingerprint density at radius 1 is 1.19 bits per heavy atom. The molecule has 2 aromatic rings. The average Bonchev–Trinajstić information content (AvgIpc) is 2.94. The van der Waals surface area contributed by atoms with Crippen molar-refractivity contribution in [1.29, 1.82) is 0 Å². The molecule has 0 amide bonds. The van der Waals surface area contributed by atoms with Crippen LogP contribution in [0.5, 0.6) is 5.75 Å². The minimum atomic E-state index is 0.388. The highest BCUT2D eigenvalue weighted by Crippen LogP contribution is 2.33. The highest BCUT2D eigenvalue weighted by atomic mass is 16.5. The number of hydrogen-bond donors (Lipinski definition) is 1. The maximum Gasteiger partial charge on any atom is 0.120 e. The van der Waals surface area contributed by atoms with Gasteiger partial charge in [0.05, 0.1) is 6.54 Å². The molecular weight excluding hydrogens is 258 g/mol. The fourth-order valence-corrected chi connectivity index (χ4v) is 2.82. The van der Waals surface area contributed by atoms with E-state index in [9.17, 15) is 0 Å². The van der Waals surface area contributed by atoms with Gasteiger partial charge in [0.1, 0.15) is 12.4 Å². The van der Waals surface area contributed by atoms with Crippen LogP contribution in [0, 0.1) is 12.3 Å². The molecule has 0 aliphatic heterocycles. The Morgan fingerprint density at radius 3 is 2.86 bits per heavy atom. The molecule has 1 N–H and O–H groups in total. The first kappa shape index (κ1) is 13.7. The fraction of sp³-hybridized carbons (Fsp3) is 0.263. The van der Waals surface area contributed by atoms with Gasteiger partial charge in [-0.25, -0.2) is 0 Å². The van der Waals surface area contributed by atoms with Crippen molar-refractivity contribution in [2.24, 2.45) is 0 Å². The van der Waals surface area contributed by atoms with Gasteiger partial charge in [-0.2, -0.15) is 0 Å². The predicted molar refractivity (Wildman–Crippen MR) is 85.1 cm³/mol. The molecule has 0 aromatic heterocycles. The first-order valence-electron chi connectivity index (χ1n) is 7.33. The molecule has 0 bridgehead atoms. The quantitative estimate of drug-likeness (QED) is 0.845. The molecular formula is C19H19NO. The van der Waals surface area contributed by atoms with Crippen molar-refractivity contribution in [3.63, 3.8) is 0 Å². The number of hydrogen-bond acceptors (Lipinski definition) is 2. The topological polar surface area (TPSA) is 21.3 Å². The zero-order chi connectivity index (χ0) is 14.5. The lowest BCUT2D eigenvalue weighted by atomic mass is 10.1. The number of nitrogens with one attached hydrogen (secondary N) is 1. The third kappa shape index (κ3) is 3.26. The second-order valence-corrected chi connectivity index (χ2v) is 5.31. The smallest absolute Gasteiger partial charge is 0.120 e. The van der Waals surface area contributed by atoms with Gasteiger partial charge in [0.15, 0.2) is 0 Å². The summed E-state index contributed by atoms with van der Waals surface area (Å²) in [6.07, 6.45) is 7.51. The van der Waals surface area contributed by atoms with Crippen LogP contribution in [0.2, 0.25) is 0 Å². The maximum atomic E-state index is 5.88. The van der Waals surface area contributed by atoms with Crippen molar-refractivity contribution >= 4 is 0 Å². The van der Waals surface area contributed by atoms with E-state index in [-0.39, 0.29) is 0 Å². The Bertz CT molecular complexity index is 642. The number of ether oxygens (including phenoxy) is 1. The number of fused-ring (bicyclic) bond motifs is 1. The molecule has 0 radical (unpaired) electrons. The molecule has 0 saturated heterocycles. The van der Waals surface area contributed by atoms with Gasteiger partial charge in [-0.05, 0) is 41.7 Å². The second kappa shape index (κ2) is 6.47. The summed E-state index contributed by atoms with van der Waals surface area (Å²) in [5.41, 5.74) is 3.92. The van der Waals surface area contributed by atoms with Crippen LogP contribution in [0.3, 0.4) is 0 Å². The summed E-state index contributed by atoms with van der Waals surface area (Å²) < 4.78 is 5.88. The van der Waals surface area contributed by atoms with Crippen LogP contribution in [0.4, 0.5) is 0 Å². The third-order valence-corrected chi connectivity index (χ3v) is 3.89. The third-order valence-electron chi connectivity index (χ3n) is 3.89. The molecule has 1 aliphatic rings. The summed E-state index contributed by atoms with van der Waals surface area (Å²) in [7, 11) is 0. The highest BCUT2D eigenvalue weighted by molar-refractivity contribution is 5.40. The van der Waals surface area contributed by atoms with Crippen molar-refractivity contribution < 1.29 is 4.74 Å². The van der Waals surface area contributed by atoms with E-state index in [2.05, 4.69) is 41.6 Å². The van der Waals surface area contributed by atoms with Gasteiger partial charge < -0.3 is 4.74 Å². The number of terminal acetylenes is 1. The molecule has 0 spiro atoms. The van der Waals surface area contributed by atoms with Crippen LogP contribution in [-0.2, 0) is 13.0 Å². The molecule has 0 saturated carbocycles. The molecule has 2 aromatic carbocycles. The zero-order valence-corrected chi connectivity index (χ0v) is 12.0. The van der Waals surface area contributed by atoms with Crippen LogP contribution in [0.1, 0.15) is 29.2 Å². The van der Waals surface area contributed by atoms with Crippen molar-refractivity contribution in [2.45, 2.75) is 25.5 Å². The molecule has 2 heteroatoms. The van der Waals surface area contributed by atoms with Gasteiger partial charge in [0.2, 0.25) is 0 Å². The Labute approximate surface area is 126 Å².